The van der Waals surface area contributed by atoms with E-state index in [1.165, 1.54) is 16.0 Å². The molecular formula is C38H51ClFN3O4S. The topological polar surface area (TPSA) is 100 Å². The van der Waals surface area contributed by atoms with Gasteiger partial charge in [0.1, 0.15) is 18.2 Å². The van der Waals surface area contributed by atoms with E-state index in [9.17, 15) is 9.18 Å². The van der Waals surface area contributed by atoms with Gasteiger partial charge >= 0.3 is 0 Å². The zero-order chi connectivity index (χ0) is 36.0. The fourth-order valence-corrected chi connectivity index (χ4v) is 5.41. The number of methoxy groups -OCH3 is 1. The van der Waals surface area contributed by atoms with Crippen molar-refractivity contribution in [3.8, 4) is 5.75 Å². The van der Waals surface area contributed by atoms with Crippen LogP contribution in [0.15, 0.2) is 91.0 Å². The van der Waals surface area contributed by atoms with Gasteiger partial charge in [0.2, 0.25) is 0 Å². The average molecular weight is 700 g/mol. The van der Waals surface area contributed by atoms with E-state index in [0.717, 1.165) is 33.2 Å². The smallest absolute Gasteiger partial charge is 0.293 e. The molecule has 7 nitrogen and oxygen atoms in total. The monoisotopic (exact) mass is 699 g/mol. The Morgan fingerprint density at radius 2 is 1.54 bits per heavy atom. The highest BCUT2D eigenvalue weighted by molar-refractivity contribution is 7.16. The molecule has 0 atom stereocenters. The maximum Gasteiger partial charge on any atom is 0.293 e. The molecule has 48 heavy (non-hydrogen) atoms. The van der Waals surface area contributed by atoms with Gasteiger partial charge in [-0.05, 0) is 74.1 Å². The van der Waals surface area contributed by atoms with E-state index < -0.39 is 5.82 Å². The molecule has 0 saturated carbocycles. The van der Waals surface area contributed by atoms with Crippen molar-refractivity contribution in [2.24, 2.45) is 11.3 Å². The molecule has 1 aromatic heterocycles. The van der Waals surface area contributed by atoms with Crippen molar-refractivity contribution in [1.82, 2.24) is 0 Å². The molecule has 4 rings (SSSR count). The van der Waals surface area contributed by atoms with Crippen LogP contribution in [0.4, 0.5) is 15.8 Å². The van der Waals surface area contributed by atoms with E-state index in [1.807, 2.05) is 87.5 Å². The molecule has 0 bridgehead atoms. The van der Waals surface area contributed by atoms with Crippen molar-refractivity contribution in [3.63, 3.8) is 0 Å². The number of nitrogen functional groups attached to an aromatic ring is 1. The molecule has 1 heterocycles. The van der Waals surface area contributed by atoms with Crippen LogP contribution in [0.1, 0.15) is 63.1 Å². The third kappa shape index (κ3) is 17.3. The second kappa shape index (κ2) is 23.4. The van der Waals surface area contributed by atoms with Gasteiger partial charge in [0, 0.05) is 17.0 Å². The summed E-state index contributed by atoms with van der Waals surface area (Å²) < 4.78 is 29.2. The number of carbonyl (C=O) groups is 1. The SMILES string of the molecule is C/C=C\C.CCN(N)c1cccc(F)c1N.COc1ccc(COCc2cc(CC(C)(C)C)sc2Cl)cc1.O=COCc1ccccc1. The van der Waals surface area contributed by atoms with Crippen LogP contribution in [0.2, 0.25) is 4.34 Å². The summed E-state index contributed by atoms with van der Waals surface area (Å²) >= 11 is 7.98. The number of benzene rings is 3. The molecule has 262 valence electrons. The lowest BCUT2D eigenvalue weighted by molar-refractivity contribution is -0.129. The third-order valence-electron chi connectivity index (χ3n) is 6.37. The number of allylic oxidation sites excluding steroid dienone is 2. The number of hydrogen-bond acceptors (Lipinski definition) is 8. The van der Waals surface area contributed by atoms with E-state index in [1.54, 1.807) is 30.6 Å². The van der Waals surface area contributed by atoms with E-state index in [4.69, 9.17) is 32.7 Å². The van der Waals surface area contributed by atoms with Crippen molar-refractivity contribution >= 4 is 40.8 Å². The Bertz CT molecular complexity index is 1470. The Hall–Kier alpha value is -3.89. The first kappa shape index (κ1) is 42.1. The molecule has 3 aromatic carbocycles. The van der Waals surface area contributed by atoms with E-state index >= 15 is 0 Å². The van der Waals surface area contributed by atoms with Crippen molar-refractivity contribution in [2.75, 3.05) is 24.4 Å². The minimum Gasteiger partial charge on any atom is -0.497 e. The van der Waals surface area contributed by atoms with Crippen LogP contribution >= 0.6 is 22.9 Å². The number of ether oxygens (including phenoxy) is 3. The fourth-order valence-electron chi connectivity index (χ4n) is 3.82. The van der Waals surface area contributed by atoms with Gasteiger partial charge in [-0.3, -0.25) is 4.79 Å². The number of anilines is 2. The van der Waals surface area contributed by atoms with Crippen molar-refractivity contribution in [2.45, 2.75) is 67.8 Å². The molecule has 0 aliphatic rings. The summed E-state index contributed by atoms with van der Waals surface area (Å²) in [5, 5.41) is 1.40. The maximum atomic E-state index is 12.9. The number of halogens is 2. The first-order chi connectivity index (χ1) is 22.9. The highest BCUT2D eigenvalue weighted by atomic mass is 35.5. The summed E-state index contributed by atoms with van der Waals surface area (Å²) in [4.78, 5) is 11.1. The molecule has 0 aliphatic heterocycles. The van der Waals surface area contributed by atoms with E-state index in [0.29, 0.717) is 38.5 Å². The first-order valence-electron chi connectivity index (χ1n) is 15.6. The van der Waals surface area contributed by atoms with Crippen molar-refractivity contribution < 1.29 is 23.4 Å². The van der Waals surface area contributed by atoms with Crippen LogP contribution in [0.25, 0.3) is 0 Å². The molecule has 4 N–H and O–H groups in total. The maximum absolute atomic E-state index is 12.9. The molecule has 0 fully saturated rings. The summed E-state index contributed by atoms with van der Waals surface area (Å²) in [6.45, 7) is 15.1. The summed E-state index contributed by atoms with van der Waals surface area (Å²) in [6, 6.07) is 24.2. The minimum atomic E-state index is -0.434. The second-order valence-electron chi connectivity index (χ2n) is 11.6. The van der Waals surface area contributed by atoms with Crippen LogP contribution in [-0.4, -0.2) is 20.1 Å². The van der Waals surface area contributed by atoms with Crippen LogP contribution in [0.3, 0.4) is 0 Å². The molecule has 4 aromatic rings. The zero-order valence-electron chi connectivity index (χ0n) is 29.2. The van der Waals surface area contributed by atoms with Crippen LogP contribution < -0.4 is 21.3 Å². The number of rotatable bonds is 11. The normalized spacial score (nSPS) is 10.5. The molecule has 0 amide bonds. The number of carbonyl (C=O) groups excluding carboxylic acids is 1. The van der Waals surface area contributed by atoms with Gasteiger partial charge in [0.05, 0.1) is 36.0 Å². The van der Waals surface area contributed by atoms with Crippen molar-refractivity contribution in [1.29, 1.82) is 0 Å². The molecular weight excluding hydrogens is 649 g/mol. The summed E-state index contributed by atoms with van der Waals surface area (Å²) in [5.41, 5.74) is 9.58. The van der Waals surface area contributed by atoms with E-state index in [-0.39, 0.29) is 11.1 Å². The predicted molar refractivity (Wildman–Crippen MR) is 200 cm³/mol. The molecule has 0 radical (unpaired) electrons. The Kier molecular flexibility index (Phi) is 20.6. The molecule has 0 saturated heterocycles. The molecule has 0 aliphatic carbocycles. The standard InChI is InChI=1S/C18H23ClO2S.C8H12FN3.C8H8O2.C4H8/c1-18(2,3)10-16-9-14(17(19)22-16)12-21-11-13-5-7-15(20-4)8-6-13;1-2-12(11)7-5-3-4-6(9)8(7)10;9-7-10-6-8-4-2-1-3-5-8;1-3-4-2/h5-9H,10-12H2,1-4H3;3-5H,2,10-11H2,1H3;1-5,7H,6H2;3-4H,1-2H3/b;;;4-3-. The van der Waals surface area contributed by atoms with Gasteiger partial charge < -0.3 is 25.0 Å². The Morgan fingerprint density at radius 3 is 2.08 bits per heavy atom. The zero-order valence-corrected chi connectivity index (χ0v) is 30.7. The summed E-state index contributed by atoms with van der Waals surface area (Å²) in [7, 11) is 1.67. The Labute approximate surface area is 295 Å². The molecule has 10 heteroatoms. The Balaban J connectivity index is 0.000000372. The van der Waals surface area contributed by atoms with Gasteiger partial charge in [-0.2, -0.15) is 0 Å². The van der Waals surface area contributed by atoms with Crippen LogP contribution in [-0.2, 0) is 40.5 Å². The molecule has 0 unspecified atom stereocenters. The number of nitrogens with two attached hydrogens (primary N) is 2. The largest absolute Gasteiger partial charge is 0.497 e. The van der Waals surface area contributed by atoms with Gasteiger partial charge in [0.25, 0.3) is 6.47 Å². The Morgan fingerprint density at radius 1 is 0.917 bits per heavy atom. The lowest BCUT2D eigenvalue weighted by Gasteiger charge is -2.18. The number of hydrogen-bond donors (Lipinski definition) is 2. The second-order valence-corrected chi connectivity index (χ2v) is 13.3. The number of hydrazine groups is 1. The highest BCUT2D eigenvalue weighted by Crippen LogP contribution is 2.33. The number of thiophene rings is 1. The third-order valence-corrected chi connectivity index (χ3v) is 7.81. The van der Waals surface area contributed by atoms with Crippen molar-refractivity contribution in [3.05, 3.63) is 123 Å². The lowest BCUT2D eigenvalue weighted by atomic mass is 9.91. The van der Waals surface area contributed by atoms with Gasteiger partial charge in [-0.15, -0.1) is 11.3 Å². The highest BCUT2D eigenvalue weighted by Gasteiger charge is 2.15. The quantitative estimate of drug-likeness (QED) is 0.0529. The minimum absolute atomic E-state index is 0.0989. The van der Waals surface area contributed by atoms with Crippen LogP contribution in [0.5, 0.6) is 5.75 Å². The van der Waals surface area contributed by atoms with E-state index in [2.05, 4.69) is 31.6 Å². The number of nitrogens with zero attached hydrogens (tertiary/aromatic N) is 1. The van der Waals surface area contributed by atoms with Gasteiger partial charge in [0.15, 0.2) is 0 Å². The summed E-state index contributed by atoms with van der Waals surface area (Å²) in [5.74, 6) is 5.97. The van der Waals surface area contributed by atoms with Gasteiger partial charge in [-0.1, -0.05) is 93.1 Å². The fraction of sp³-hybridized carbons (Fsp3) is 0.342. The van der Waals surface area contributed by atoms with Crippen LogP contribution in [0, 0.1) is 11.2 Å². The first-order valence-corrected chi connectivity index (χ1v) is 16.8. The van der Waals surface area contributed by atoms with Gasteiger partial charge in [-0.25, -0.2) is 10.2 Å². The molecule has 0 spiro atoms. The predicted octanol–water partition coefficient (Wildman–Crippen LogP) is 9.77. The average Bonchev–Trinajstić information content (AvgIpc) is 3.42. The summed E-state index contributed by atoms with van der Waals surface area (Å²) in [6.07, 6.45) is 5.04. The lowest BCUT2D eigenvalue weighted by Crippen LogP contribution is -2.31. The number of para-hydroxylation sites is 1.